The molecule has 1 heterocycles. The molecule has 16 heavy (non-hydrogen) atoms. The highest BCUT2D eigenvalue weighted by Gasteiger charge is 2.35. The smallest absolute Gasteiger partial charge is 0.321 e. The SMILES string of the molecule is O=C1CC(C(=O)O)N(Cc2ccccc2)C1. The van der Waals surface area contributed by atoms with Gasteiger partial charge in [-0.05, 0) is 5.56 Å². The first-order valence-corrected chi connectivity index (χ1v) is 5.19. The summed E-state index contributed by atoms with van der Waals surface area (Å²) in [6.45, 7) is 0.759. The molecule has 0 bridgehead atoms. The number of benzene rings is 1. The van der Waals surface area contributed by atoms with E-state index in [0.29, 0.717) is 6.54 Å². The molecule has 0 radical (unpaired) electrons. The van der Waals surface area contributed by atoms with Gasteiger partial charge in [0.05, 0.1) is 6.54 Å². The molecule has 0 aliphatic carbocycles. The van der Waals surface area contributed by atoms with Crippen molar-refractivity contribution < 1.29 is 14.7 Å². The Bertz CT molecular complexity index is 402. The van der Waals surface area contributed by atoms with Crippen molar-refractivity contribution in [2.75, 3.05) is 6.54 Å². The lowest BCUT2D eigenvalue weighted by Crippen LogP contribution is -2.35. The van der Waals surface area contributed by atoms with Crippen molar-refractivity contribution in [3.05, 3.63) is 35.9 Å². The Balaban J connectivity index is 2.09. The number of aliphatic carboxylic acids is 1. The topological polar surface area (TPSA) is 57.6 Å². The minimum Gasteiger partial charge on any atom is -0.480 e. The molecule has 0 amide bonds. The molecule has 0 aromatic heterocycles. The first-order valence-electron chi connectivity index (χ1n) is 5.19. The standard InChI is InChI=1S/C12H13NO3/c14-10-6-11(12(15)16)13(8-10)7-9-4-2-1-3-5-9/h1-5,11H,6-8H2,(H,15,16). The third-order valence-electron chi connectivity index (χ3n) is 2.75. The van der Waals surface area contributed by atoms with E-state index in [1.54, 1.807) is 4.90 Å². The average Bonchev–Trinajstić information content (AvgIpc) is 2.61. The van der Waals surface area contributed by atoms with Crippen LogP contribution in [0.5, 0.6) is 0 Å². The lowest BCUT2D eigenvalue weighted by atomic mass is 10.2. The van der Waals surface area contributed by atoms with E-state index in [1.165, 1.54) is 0 Å². The van der Waals surface area contributed by atoms with Crippen LogP contribution >= 0.6 is 0 Å². The van der Waals surface area contributed by atoms with Crippen molar-refractivity contribution in [3.63, 3.8) is 0 Å². The van der Waals surface area contributed by atoms with Gasteiger partial charge in [-0.25, -0.2) is 0 Å². The highest BCUT2D eigenvalue weighted by atomic mass is 16.4. The number of carboxylic acid groups (broad SMARTS) is 1. The van der Waals surface area contributed by atoms with Gasteiger partial charge in [-0.1, -0.05) is 30.3 Å². The van der Waals surface area contributed by atoms with Crippen LogP contribution in [0.3, 0.4) is 0 Å². The first kappa shape index (κ1) is 10.8. The van der Waals surface area contributed by atoms with Gasteiger partial charge in [0.1, 0.15) is 11.8 Å². The second kappa shape index (κ2) is 4.45. The van der Waals surface area contributed by atoms with Crippen LogP contribution < -0.4 is 0 Å². The molecule has 1 saturated heterocycles. The maximum Gasteiger partial charge on any atom is 0.321 e. The molecule has 4 nitrogen and oxygen atoms in total. The molecular formula is C12H13NO3. The molecule has 1 fully saturated rings. The Kier molecular flexibility index (Phi) is 3.01. The number of likely N-dealkylation sites (tertiary alicyclic amines) is 1. The highest BCUT2D eigenvalue weighted by molar-refractivity contribution is 5.90. The fourth-order valence-electron chi connectivity index (χ4n) is 1.97. The van der Waals surface area contributed by atoms with Crippen molar-refractivity contribution in [1.29, 1.82) is 0 Å². The largest absolute Gasteiger partial charge is 0.480 e. The Hall–Kier alpha value is -1.68. The molecule has 0 spiro atoms. The highest BCUT2D eigenvalue weighted by Crippen LogP contribution is 2.17. The molecule has 1 aliphatic rings. The zero-order chi connectivity index (χ0) is 11.5. The van der Waals surface area contributed by atoms with Gasteiger partial charge in [-0.15, -0.1) is 0 Å². The molecule has 1 unspecified atom stereocenters. The van der Waals surface area contributed by atoms with E-state index < -0.39 is 12.0 Å². The van der Waals surface area contributed by atoms with E-state index >= 15 is 0 Å². The molecule has 1 aromatic carbocycles. The lowest BCUT2D eigenvalue weighted by molar-refractivity contribution is -0.142. The molecule has 84 valence electrons. The predicted octanol–water partition coefficient (Wildman–Crippen LogP) is 0.915. The number of hydrogen-bond acceptors (Lipinski definition) is 3. The number of ketones is 1. The monoisotopic (exact) mass is 219 g/mol. The van der Waals surface area contributed by atoms with Crippen LogP contribution in [0.1, 0.15) is 12.0 Å². The van der Waals surface area contributed by atoms with E-state index in [9.17, 15) is 9.59 Å². The Morgan fingerprint density at radius 1 is 1.38 bits per heavy atom. The first-order chi connectivity index (χ1) is 7.66. The maximum absolute atomic E-state index is 11.3. The van der Waals surface area contributed by atoms with Gasteiger partial charge in [0.25, 0.3) is 0 Å². The second-order valence-electron chi connectivity index (χ2n) is 3.99. The minimum atomic E-state index is -0.915. The van der Waals surface area contributed by atoms with Crippen LogP contribution in [0.15, 0.2) is 30.3 Å². The zero-order valence-corrected chi connectivity index (χ0v) is 8.80. The van der Waals surface area contributed by atoms with E-state index in [4.69, 9.17) is 5.11 Å². The Morgan fingerprint density at radius 3 is 2.69 bits per heavy atom. The zero-order valence-electron chi connectivity index (χ0n) is 8.80. The van der Waals surface area contributed by atoms with Gasteiger partial charge in [0, 0.05) is 13.0 Å². The lowest BCUT2D eigenvalue weighted by Gasteiger charge is -2.19. The Labute approximate surface area is 93.5 Å². The normalized spacial score (nSPS) is 21.2. The van der Waals surface area contributed by atoms with E-state index in [2.05, 4.69) is 0 Å². The van der Waals surface area contributed by atoms with Crippen molar-refractivity contribution in [1.82, 2.24) is 4.90 Å². The molecule has 0 saturated carbocycles. The number of carbonyl (C=O) groups is 2. The van der Waals surface area contributed by atoms with E-state index in [0.717, 1.165) is 5.56 Å². The fraction of sp³-hybridized carbons (Fsp3) is 0.333. The van der Waals surface area contributed by atoms with Crippen LogP contribution in [0.4, 0.5) is 0 Å². The summed E-state index contributed by atoms with van der Waals surface area (Å²) in [6, 6.07) is 8.93. The van der Waals surface area contributed by atoms with Crippen molar-refractivity contribution in [3.8, 4) is 0 Å². The fourth-order valence-corrected chi connectivity index (χ4v) is 1.97. The van der Waals surface area contributed by atoms with Gasteiger partial charge < -0.3 is 5.11 Å². The molecule has 2 rings (SSSR count). The average molecular weight is 219 g/mol. The second-order valence-corrected chi connectivity index (χ2v) is 3.99. The van der Waals surface area contributed by atoms with Crippen molar-refractivity contribution >= 4 is 11.8 Å². The maximum atomic E-state index is 11.3. The van der Waals surface area contributed by atoms with Crippen LogP contribution in [-0.2, 0) is 16.1 Å². The van der Waals surface area contributed by atoms with Crippen LogP contribution in [-0.4, -0.2) is 34.3 Å². The third-order valence-corrected chi connectivity index (χ3v) is 2.75. The van der Waals surface area contributed by atoms with Gasteiger partial charge in [-0.3, -0.25) is 14.5 Å². The van der Waals surface area contributed by atoms with Crippen LogP contribution in [0, 0.1) is 0 Å². The van der Waals surface area contributed by atoms with Crippen LogP contribution in [0.25, 0.3) is 0 Å². The number of rotatable bonds is 3. The summed E-state index contributed by atoms with van der Waals surface area (Å²) in [7, 11) is 0. The van der Waals surface area contributed by atoms with Gasteiger partial charge in [0.15, 0.2) is 0 Å². The van der Waals surface area contributed by atoms with Gasteiger partial charge in [0.2, 0.25) is 0 Å². The molecule has 1 aromatic rings. The molecule has 1 aliphatic heterocycles. The van der Waals surface area contributed by atoms with Crippen molar-refractivity contribution in [2.24, 2.45) is 0 Å². The summed E-state index contributed by atoms with van der Waals surface area (Å²) in [5.41, 5.74) is 1.03. The van der Waals surface area contributed by atoms with Crippen LogP contribution in [0.2, 0.25) is 0 Å². The summed E-state index contributed by atoms with van der Waals surface area (Å²) >= 11 is 0. The summed E-state index contributed by atoms with van der Waals surface area (Å²) in [5.74, 6) is -0.912. The summed E-state index contributed by atoms with van der Waals surface area (Å²) in [5, 5.41) is 8.99. The van der Waals surface area contributed by atoms with Gasteiger partial charge >= 0.3 is 5.97 Å². The Morgan fingerprint density at radius 2 is 2.06 bits per heavy atom. The number of carboxylic acids is 1. The molecular weight excluding hydrogens is 206 g/mol. The summed E-state index contributed by atoms with van der Waals surface area (Å²) in [6.07, 6.45) is 0.127. The predicted molar refractivity (Wildman–Crippen MR) is 57.9 cm³/mol. The van der Waals surface area contributed by atoms with E-state index in [1.807, 2.05) is 30.3 Å². The molecule has 1 atom stereocenters. The van der Waals surface area contributed by atoms with Crippen molar-refractivity contribution in [2.45, 2.75) is 19.0 Å². The number of carbonyl (C=O) groups excluding carboxylic acids is 1. The minimum absolute atomic E-state index is 0.00308. The number of nitrogens with zero attached hydrogens (tertiary/aromatic N) is 1. The number of Topliss-reactive ketones (excluding diaryl/α,β-unsaturated/α-hetero) is 1. The molecule has 1 N–H and O–H groups in total. The number of hydrogen-bond donors (Lipinski definition) is 1. The van der Waals surface area contributed by atoms with Gasteiger partial charge in [-0.2, -0.15) is 0 Å². The third kappa shape index (κ3) is 2.28. The molecule has 4 heteroatoms. The summed E-state index contributed by atoms with van der Waals surface area (Å²) < 4.78 is 0. The quantitative estimate of drug-likeness (QED) is 0.821. The van der Waals surface area contributed by atoms with E-state index in [-0.39, 0.29) is 18.7 Å². The summed E-state index contributed by atoms with van der Waals surface area (Å²) in [4.78, 5) is 23.9.